The van der Waals surface area contributed by atoms with Crippen molar-refractivity contribution in [2.24, 2.45) is 17.8 Å². The zero-order valence-electron chi connectivity index (χ0n) is 10.6. The third-order valence-corrected chi connectivity index (χ3v) is 4.16. The number of rotatable bonds is 5. The normalized spacial score (nSPS) is 30.2. The molecule has 2 aliphatic carbocycles. The summed E-state index contributed by atoms with van der Waals surface area (Å²) in [6.45, 7) is 4.26. The van der Waals surface area contributed by atoms with Crippen LogP contribution < -0.4 is 0 Å². The Balaban J connectivity index is 1.92. The van der Waals surface area contributed by atoms with Crippen molar-refractivity contribution in [2.45, 2.75) is 45.6 Å². The predicted octanol–water partition coefficient (Wildman–Crippen LogP) is 1.74. The number of fused-ring (bicyclic) bond motifs is 1. The van der Waals surface area contributed by atoms with Crippen LogP contribution in [0.3, 0.4) is 0 Å². The van der Waals surface area contributed by atoms with E-state index < -0.39 is 5.97 Å². The monoisotopic (exact) mass is 239 g/mol. The first-order valence-corrected chi connectivity index (χ1v) is 6.54. The molecule has 0 bridgehead atoms. The molecule has 4 nitrogen and oxygen atoms in total. The van der Waals surface area contributed by atoms with Gasteiger partial charge in [0.2, 0.25) is 5.91 Å². The van der Waals surface area contributed by atoms with Crippen molar-refractivity contribution in [3.05, 3.63) is 0 Å². The molecule has 0 saturated heterocycles. The second-order valence-corrected chi connectivity index (χ2v) is 5.55. The number of carboxylic acids is 1. The van der Waals surface area contributed by atoms with E-state index in [4.69, 9.17) is 5.11 Å². The lowest BCUT2D eigenvalue weighted by Crippen LogP contribution is -2.40. The van der Waals surface area contributed by atoms with E-state index in [0.717, 1.165) is 0 Å². The summed E-state index contributed by atoms with van der Waals surface area (Å²) in [7, 11) is 0. The molecule has 2 atom stereocenters. The smallest absolute Gasteiger partial charge is 0.305 e. The van der Waals surface area contributed by atoms with E-state index in [1.165, 1.54) is 19.3 Å². The van der Waals surface area contributed by atoms with Gasteiger partial charge in [-0.2, -0.15) is 0 Å². The van der Waals surface area contributed by atoms with Crippen LogP contribution in [0.1, 0.15) is 39.5 Å². The van der Waals surface area contributed by atoms with Crippen LogP contribution in [-0.2, 0) is 9.59 Å². The molecule has 0 radical (unpaired) electrons. The molecule has 1 N–H and O–H groups in total. The molecule has 96 valence electrons. The molecule has 2 aliphatic rings. The number of hydrogen-bond donors (Lipinski definition) is 1. The first-order valence-electron chi connectivity index (χ1n) is 6.54. The van der Waals surface area contributed by atoms with Gasteiger partial charge in [0.25, 0.3) is 0 Å². The number of carbonyl (C=O) groups is 2. The van der Waals surface area contributed by atoms with E-state index in [0.29, 0.717) is 18.4 Å². The molecule has 0 heterocycles. The van der Waals surface area contributed by atoms with Gasteiger partial charge in [-0.05, 0) is 38.5 Å². The molecule has 0 aromatic rings. The Labute approximate surface area is 102 Å². The molecule has 2 unspecified atom stereocenters. The summed E-state index contributed by atoms with van der Waals surface area (Å²) in [4.78, 5) is 24.6. The Bertz CT molecular complexity index is 317. The molecule has 2 saturated carbocycles. The molecule has 0 aliphatic heterocycles. The van der Waals surface area contributed by atoms with Crippen LogP contribution in [0, 0.1) is 17.8 Å². The fraction of sp³-hybridized carbons (Fsp3) is 0.846. The third-order valence-electron chi connectivity index (χ3n) is 4.16. The highest BCUT2D eigenvalue weighted by molar-refractivity contribution is 5.83. The Morgan fingerprint density at radius 2 is 1.88 bits per heavy atom. The zero-order chi connectivity index (χ0) is 12.6. The summed E-state index contributed by atoms with van der Waals surface area (Å²) in [5.74, 6) is 0.775. The Morgan fingerprint density at radius 3 is 2.35 bits per heavy atom. The first kappa shape index (κ1) is 12.4. The second-order valence-electron chi connectivity index (χ2n) is 5.55. The number of aliphatic carboxylic acids is 1. The van der Waals surface area contributed by atoms with Crippen molar-refractivity contribution >= 4 is 11.9 Å². The second kappa shape index (κ2) is 4.67. The van der Waals surface area contributed by atoms with Crippen molar-refractivity contribution in [3.8, 4) is 0 Å². The highest BCUT2D eigenvalue weighted by atomic mass is 16.4. The van der Waals surface area contributed by atoms with Gasteiger partial charge in [-0.1, -0.05) is 6.42 Å². The van der Waals surface area contributed by atoms with Crippen molar-refractivity contribution in [1.29, 1.82) is 0 Å². The summed E-state index contributed by atoms with van der Waals surface area (Å²) in [5.41, 5.74) is 0. The number of carboxylic acid groups (broad SMARTS) is 1. The van der Waals surface area contributed by atoms with Gasteiger partial charge in [0.15, 0.2) is 0 Å². The van der Waals surface area contributed by atoms with Crippen LogP contribution >= 0.6 is 0 Å². The van der Waals surface area contributed by atoms with Gasteiger partial charge in [0, 0.05) is 18.5 Å². The van der Waals surface area contributed by atoms with Crippen molar-refractivity contribution in [3.63, 3.8) is 0 Å². The average Bonchev–Trinajstić information content (AvgIpc) is 2.71. The van der Waals surface area contributed by atoms with Crippen LogP contribution in [-0.4, -0.2) is 34.5 Å². The maximum atomic E-state index is 12.3. The molecular weight excluding hydrogens is 218 g/mol. The number of carbonyl (C=O) groups excluding carboxylic acids is 1. The fourth-order valence-corrected chi connectivity index (χ4v) is 3.22. The number of amides is 1. The Morgan fingerprint density at radius 1 is 1.29 bits per heavy atom. The molecule has 2 rings (SSSR count). The molecular formula is C13H21NO3. The van der Waals surface area contributed by atoms with E-state index in [1.807, 2.05) is 13.8 Å². The maximum Gasteiger partial charge on any atom is 0.305 e. The Hall–Kier alpha value is -1.06. The molecule has 0 aromatic heterocycles. The van der Waals surface area contributed by atoms with Gasteiger partial charge < -0.3 is 10.0 Å². The minimum Gasteiger partial charge on any atom is -0.481 e. The van der Waals surface area contributed by atoms with Gasteiger partial charge in [-0.25, -0.2) is 0 Å². The van der Waals surface area contributed by atoms with Crippen LogP contribution in [0.15, 0.2) is 0 Å². The van der Waals surface area contributed by atoms with E-state index in [2.05, 4.69) is 0 Å². The summed E-state index contributed by atoms with van der Waals surface area (Å²) < 4.78 is 0. The Kier molecular flexibility index (Phi) is 3.40. The fourth-order valence-electron chi connectivity index (χ4n) is 3.22. The highest BCUT2D eigenvalue weighted by Crippen LogP contribution is 2.58. The summed E-state index contributed by atoms with van der Waals surface area (Å²) >= 11 is 0. The summed E-state index contributed by atoms with van der Waals surface area (Å²) in [5, 5.41) is 8.70. The average molecular weight is 239 g/mol. The van der Waals surface area contributed by atoms with Crippen molar-refractivity contribution in [2.75, 3.05) is 6.54 Å². The molecule has 4 heteroatoms. The lowest BCUT2D eigenvalue weighted by atomic mass is 10.1. The van der Waals surface area contributed by atoms with Crippen molar-refractivity contribution in [1.82, 2.24) is 4.90 Å². The summed E-state index contributed by atoms with van der Waals surface area (Å²) in [6, 6.07) is 0.100. The standard InChI is InChI=1S/C13H21NO3/c1-8(2)14(7-6-11(15)16)13(17)12-9-4-3-5-10(9)12/h8-10,12H,3-7H2,1-2H3,(H,15,16). The van der Waals surface area contributed by atoms with Gasteiger partial charge in [0.1, 0.15) is 0 Å². The van der Waals surface area contributed by atoms with E-state index in [-0.39, 0.29) is 24.3 Å². The van der Waals surface area contributed by atoms with Crippen LogP contribution in [0.25, 0.3) is 0 Å². The minimum absolute atomic E-state index is 0.0476. The van der Waals surface area contributed by atoms with Gasteiger partial charge in [-0.15, -0.1) is 0 Å². The zero-order valence-corrected chi connectivity index (χ0v) is 10.6. The lowest BCUT2D eigenvalue weighted by Gasteiger charge is -2.27. The minimum atomic E-state index is -0.834. The molecule has 1 amide bonds. The van der Waals surface area contributed by atoms with Gasteiger partial charge >= 0.3 is 5.97 Å². The van der Waals surface area contributed by atoms with Gasteiger partial charge in [0.05, 0.1) is 6.42 Å². The van der Waals surface area contributed by atoms with Crippen LogP contribution in [0.5, 0.6) is 0 Å². The van der Waals surface area contributed by atoms with Gasteiger partial charge in [-0.3, -0.25) is 9.59 Å². The molecule has 0 aromatic carbocycles. The molecule has 0 spiro atoms. The van der Waals surface area contributed by atoms with E-state index in [9.17, 15) is 9.59 Å². The van der Waals surface area contributed by atoms with E-state index in [1.54, 1.807) is 4.90 Å². The highest BCUT2D eigenvalue weighted by Gasteiger charge is 2.57. The third kappa shape index (κ3) is 2.45. The lowest BCUT2D eigenvalue weighted by molar-refractivity contribution is -0.139. The number of nitrogens with zero attached hydrogens (tertiary/aromatic N) is 1. The van der Waals surface area contributed by atoms with Crippen LogP contribution in [0.4, 0.5) is 0 Å². The van der Waals surface area contributed by atoms with Crippen molar-refractivity contribution < 1.29 is 14.7 Å². The predicted molar refractivity (Wildman–Crippen MR) is 63.4 cm³/mol. The van der Waals surface area contributed by atoms with E-state index >= 15 is 0 Å². The topological polar surface area (TPSA) is 57.6 Å². The quantitative estimate of drug-likeness (QED) is 0.795. The van der Waals surface area contributed by atoms with Crippen LogP contribution in [0.2, 0.25) is 0 Å². The largest absolute Gasteiger partial charge is 0.481 e. The SMILES string of the molecule is CC(C)N(CCC(=O)O)C(=O)C1C2CCCC21. The molecule has 2 fully saturated rings. The molecule has 17 heavy (non-hydrogen) atoms. The first-order chi connectivity index (χ1) is 8.02. The summed E-state index contributed by atoms with van der Waals surface area (Å²) in [6.07, 6.45) is 3.68. The number of hydrogen-bond acceptors (Lipinski definition) is 2. The maximum absolute atomic E-state index is 12.3.